The van der Waals surface area contributed by atoms with Crippen molar-refractivity contribution in [1.82, 2.24) is 15.5 Å². The summed E-state index contributed by atoms with van der Waals surface area (Å²) in [7, 11) is 0. The van der Waals surface area contributed by atoms with Gasteiger partial charge in [0.25, 0.3) is 5.91 Å². The third-order valence-corrected chi connectivity index (χ3v) is 1.93. The van der Waals surface area contributed by atoms with Crippen molar-refractivity contribution in [3.63, 3.8) is 0 Å². The Labute approximate surface area is 90.3 Å². The molecule has 0 unspecified atom stereocenters. The minimum Gasteiger partial charge on any atom is -0.364 e. The lowest BCUT2D eigenvalue weighted by Crippen LogP contribution is -2.25. The molecule has 0 aliphatic rings. The highest BCUT2D eigenvalue weighted by molar-refractivity contribution is 5.92. The van der Waals surface area contributed by atoms with E-state index in [-0.39, 0.29) is 23.7 Å². The van der Waals surface area contributed by atoms with Crippen LogP contribution in [0.5, 0.6) is 0 Å². The molecule has 0 bridgehead atoms. The van der Waals surface area contributed by atoms with Gasteiger partial charge in [-0.15, -0.1) is 0 Å². The molecular weight excluding hydrogens is 210 g/mol. The van der Waals surface area contributed by atoms with Crippen LogP contribution in [0.25, 0.3) is 0 Å². The lowest BCUT2D eigenvalue weighted by molar-refractivity contribution is 0.0945. The van der Waals surface area contributed by atoms with Crippen LogP contribution < -0.4 is 10.9 Å². The largest absolute Gasteiger partial charge is 0.364 e. The zero-order valence-electron chi connectivity index (χ0n) is 8.27. The molecule has 2 aromatic heterocycles. The van der Waals surface area contributed by atoms with Crippen LogP contribution in [0.1, 0.15) is 16.2 Å². The predicted octanol–water partition coefficient (Wildman–Crippen LogP) is 0.293. The van der Waals surface area contributed by atoms with E-state index in [9.17, 15) is 9.59 Å². The SMILES string of the molecule is O=C(NCc1ccon1)c1cccc(=O)[nH]1. The molecule has 0 aromatic carbocycles. The van der Waals surface area contributed by atoms with E-state index in [0.717, 1.165) is 0 Å². The zero-order chi connectivity index (χ0) is 11.4. The van der Waals surface area contributed by atoms with E-state index in [0.29, 0.717) is 5.69 Å². The molecule has 2 N–H and O–H groups in total. The highest BCUT2D eigenvalue weighted by atomic mass is 16.5. The Kier molecular flexibility index (Phi) is 2.81. The van der Waals surface area contributed by atoms with Crippen molar-refractivity contribution in [2.24, 2.45) is 0 Å². The van der Waals surface area contributed by atoms with Gasteiger partial charge in [0.2, 0.25) is 5.56 Å². The number of aromatic nitrogens is 2. The maximum Gasteiger partial charge on any atom is 0.268 e. The van der Waals surface area contributed by atoms with Crippen LogP contribution in [-0.2, 0) is 6.54 Å². The van der Waals surface area contributed by atoms with Crippen LogP contribution in [0.4, 0.5) is 0 Å². The third-order valence-electron chi connectivity index (χ3n) is 1.93. The summed E-state index contributed by atoms with van der Waals surface area (Å²) in [6.45, 7) is 0.256. The second-order valence-electron chi connectivity index (χ2n) is 3.10. The molecule has 82 valence electrons. The van der Waals surface area contributed by atoms with Crippen molar-refractivity contribution in [2.75, 3.05) is 0 Å². The van der Waals surface area contributed by atoms with Gasteiger partial charge < -0.3 is 14.8 Å². The fourth-order valence-corrected chi connectivity index (χ4v) is 1.18. The van der Waals surface area contributed by atoms with E-state index >= 15 is 0 Å². The molecule has 0 fully saturated rings. The Morgan fingerprint density at radius 3 is 3.00 bits per heavy atom. The van der Waals surface area contributed by atoms with E-state index in [4.69, 9.17) is 0 Å². The molecule has 0 saturated carbocycles. The highest BCUT2D eigenvalue weighted by Crippen LogP contribution is 1.95. The summed E-state index contributed by atoms with van der Waals surface area (Å²) in [5.41, 5.74) is 0.525. The van der Waals surface area contributed by atoms with Crippen molar-refractivity contribution in [1.29, 1.82) is 0 Å². The van der Waals surface area contributed by atoms with Gasteiger partial charge in [-0.25, -0.2) is 0 Å². The Hall–Kier alpha value is -2.37. The molecule has 0 saturated heterocycles. The monoisotopic (exact) mass is 219 g/mol. The first-order chi connectivity index (χ1) is 7.75. The van der Waals surface area contributed by atoms with Gasteiger partial charge in [-0.1, -0.05) is 11.2 Å². The maximum absolute atomic E-state index is 11.6. The van der Waals surface area contributed by atoms with Crippen molar-refractivity contribution in [2.45, 2.75) is 6.54 Å². The average molecular weight is 219 g/mol. The standard InChI is InChI=1S/C10H9N3O3/c14-9-3-1-2-8(12-9)10(15)11-6-7-4-5-16-13-7/h1-5H,6H2,(H,11,15)(H,12,14). The van der Waals surface area contributed by atoms with Gasteiger partial charge in [-0.2, -0.15) is 0 Å². The summed E-state index contributed by atoms with van der Waals surface area (Å²) in [6, 6.07) is 6.03. The van der Waals surface area contributed by atoms with Gasteiger partial charge in [0.05, 0.1) is 6.54 Å². The molecular formula is C10H9N3O3. The minimum atomic E-state index is -0.360. The van der Waals surface area contributed by atoms with Crippen LogP contribution in [0.2, 0.25) is 0 Å². The second-order valence-corrected chi connectivity index (χ2v) is 3.10. The number of rotatable bonds is 3. The smallest absolute Gasteiger partial charge is 0.268 e. The van der Waals surface area contributed by atoms with Gasteiger partial charge in [-0.05, 0) is 6.07 Å². The first kappa shape index (κ1) is 10.2. The zero-order valence-corrected chi connectivity index (χ0v) is 8.27. The van der Waals surface area contributed by atoms with Gasteiger partial charge in [-0.3, -0.25) is 9.59 Å². The number of hydrogen-bond acceptors (Lipinski definition) is 4. The van der Waals surface area contributed by atoms with E-state index in [2.05, 4.69) is 20.0 Å². The first-order valence-corrected chi connectivity index (χ1v) is 4.62. The molecule has 0 atom stereocenters. The van der Waals surface area contributed by atoms with E-state index in [1.54, 1.807) is 6.07 Å². The number of aromatic amines is 1. The quantitative estimate of drug-likeness (QED) is 0.776. The molecule has 0 spiro atoms. The molecule has 0 aliphatic heterocycles. The molecule has 0 aliphatic carbocycles. The lowest BCUT2D eigenvalue weighted by Gasteiger charge is -2.01. The number of nitrogens with zero attached hydrogens (tertiary/aromatic N) is 1. The highest BCUT2D eigenvalue weighted by Gasteiger charge is 2.06. The van der Waals surface area contributed by atoms with Gasteiger partial charge in [0.15, 0.2) is 0 Å². The van der Waals surface area contributed by atoms with Gasteiger partial charge in [0.1, 0.15) is 17.7 Å². The van der Waals surface area contributed by atoms with Crippen molar-refractivity contribution in [3.05, 3.63) is 52.3 Å². The molecule has 0 radical (unpaired) electrons. The van der Waals surface area contributed by atoms with Crippen LogP contribution in [-0.4, -0.2) is 16.0 Å². The predicted molar refractivity (Wildman–Crippen MR) is 54.7 cm³/mol. The number of carbonyl (C=O) groups is 1. The normalized spacial score (nSPS) is 10.0. The van der Waals surface area contributed by atoms with Gasteiger partial charge in [0, 0.05) is 12.1 Å². The fourth-order valence-electron chi connectivity index (χ4n) is 1.18. The van der Waals surface area contributed by atoms with Crippen LogP contribution in [0.3, 0.4) is 0 Å². The number of carbonyl (C=O) groups excluding carboxylic acids is 1. The summed E-state index contributed by atoms with van der Waals surface area (Å²) in [5, 5.41) is 6.23. The fraction of sp³-hybridized carbons (Fsp3) is 0.100. The molecule has 2 aromatic rings. The minimum absolute atomic E-state index is 0.219. The Morgan fingerprint density at radius 1 is 1.44 bits per heavy atom. The summed E-state index contributed by atoms with van der Waals surface area (Å²) in [4.78, 5) is 24.9. The Bertz CT molecular complexity index is 530. The van der Waals surface area contributed by atoms with Crippen molar-refractivity contribution >= 4 is 5.91 Å². The lowest BCUT2D eigenvalue weighted by atomic mass is 10.3. The summed E-state index contributed by atoms with van der Waals surface area (Å²) in [5.74, 6) is -0.360. The van der Waals surface area contributed by atoms with Crippen LogP contribution in [0.15, 0.2) is 39.8 Å². The number of nitrogens with one attached hydrogen (secondary N) is 2. The van der Waals surface area contributed by atoms with E-state index in [1.807, 2.05) is 0 Å². The first-order valence-electron chi connectivity index (χ1n) is 4.62. The molecule has 2 heterocycles. The van der Waals surface area contributed by atoms with Crippen LogP contribution in [0, 0.1) is 0 Å². The van der Waals surface area contributed by atoms with Gasteiger partial charge >= 0.3 is 0 Å². The summed E-state index contributed by atoms with van der Waals surface area (Å²) >= 11 is 0. The van der Waals surface area contributed by atoms with Crippen molar-refractivity contribution < 1.29 is 9.32 Å². The molecule has 16 heavy (non-hydrogen) atoms. The van der Waals surface area contributed by atoms with Crippen LogP contribution >= 0.6 is 0 Å². The number of amides is 1. The van der Waals surface area contributed by atoms with E-state index in [1.165, 1.54) is 24.5 Å². The second kappa shape index (κ2) is 4.43. The topological polar surface area (TPSA) is 88.0 Å². The Morgan fingerprint density at radius 2 is 2.31 bits per heavy atom. The number of H-pyrrole nitrogens is 1. The number of hydrogen-bond donors (Lipinski definition) is 2. The Balaban J connectivity index is 2.01. The third kappa shape index (κ3) is 2.35. The van der Waals surface area contributed by atoms with E-state index < -0.39 is 0 Å². The molecule has 1 amide bonds. The molecule has 6 nitrogen and oxygen atoms in total. The maximum atomic E-state index is 11.6. The summed E-state index contributed by atoms with van der Waals surface area (Å²) in [6.07, 6.45) is 1.42. The molecule has 2 rings (SSSR count). The summed E-state index contributed by atoms with van der Waals surface area (Å²) < 4.78 is 4.61. The average Bonchev–Trinajstić information content (AvgIpc) is 2.78. The molecule has 6 heteroatoms. The number of pyridine rings is 1. The van der Waals surface area contributed by atoms with Crippen molar-refractivity contribution in [3.8, 4) is 0 Å².